The maximum atomic E-state index is 12.0. The van der Waals surface area contributed by atoms with Gasteiger partial charge in [0, 0.05) is 18.7 Å². The minimum atomic E-state index is -0.534. The second-order valence-electron chi connectivity index (χ2n) is 5.65. The van der Waals surface area contributed by atoms with Crippen molar-refractivity contribution < 1.29 is 9.72 Å². The van der Waals surface area contributed by atoms with E-state index in [-0.39, 0.29) is 22.2 Å². The number of hydrogen-bond donors (Lipinski definition) is 1. The fourth-order valence-electron chi connectivity index (χ4n) is 2.36. The Morgan fingerprint density at radius 3 is 2.30 bits per heavy atom. The molecule has 0 saturated carbocycles. The summed E-state index contributed by atoms with van der Waals surface area (Å²) in [5.41, 5.74) is 0.159. The Bertz CT molecular complexity index is 521. The van der Waals surface area contributed by atoms with Crippen molar-refractivity contribution in [2.75, 3.05) is 6.54 Å². The topological polar surface area (TPSA) is 72.2 Å². The van der Waals surface area contributed by atoms with E-state index in [1.165, 1.54) is 56.7 Å². The Hall–Kier alpha value is -1.62. The highest BCUT2D eigenvalue weighted by atomic mass is 35.5. The summed E-state index contributed by atoms with van der Waals surface area (Å²) in [5, 5.41) is 13.5. The lowest BCUT2D eigenvalue weighted by Crippen LogP contribution is -2.24. The minimum absolute atomic E-state index is 0.104. The fourth-order valence-corrected chi connectivity index (χ4v) is 2.62. The zero-order valence-electron chi connectivity index (χ0n) is 13.6. The van der Waals surface area contributed by atoms with E-state index in [2.05, 4.69) is 12.2 Å². The molecule has 0 aliphatic carbocycles. The first-order chi connectivity index (χ1) is 11.1. The molecule has 0 bridgehead atoms. The third-order valence-corrected chi connectivity index (χ3v) is 4.04. The van der Waals surface area contributed by atoms with Crippen LogP contribution in [0.1, 0.15) is 68.6 Å². The fraction of sp³-hybridized carbons (Fsp3) is 0.588. The van der Waals surface area contributed by atoms with E-state index in [9.17, 15) is 14.9 Å². The molecule has 5 nitrogen and oxygen atoms in total. The number of amides is 1. The molecule has 1 N–H and O–H groups in total. The molecule has 1 amide bonds. The van der Waals surface area contributed by atoms with Crippen molar-refractivity contribution in [3.8, 4) is 0 Å². The van der Waals surface area contributed by atoms with Gasteiger partial charge in [-0.25, -0.2) is 0 Å². The number of nitro benzene ring substituents is 1. The summed E-state index contributed by atoms with van der Waals surface area (Å²) in [4.78, 5) is 22.1. The van der Waals surface area contributed by atoms with E-state index in [0.717, 1.165) is 12.8 Å². The van der Waals surface area contributed by atoms with Crippen LogP contribution in [0.2, 0.25) is 5.02 Å². The van der Waals surface area contributed by atoms with Gasteiger partial charge in [0.2, 0.25) is 0 Å². The van der Waals surface area contributed by atoms with Crippen LogP contribution < -0.4 is 5.32 Å². The highest BCUT2D eigenvalue weighted by Gasteiger charge is 2.14. The van der Waals surface area contributed by atoms with Crippen molar-refractivity contribution in [2.45, 2.75) is 58.3 Å². The van der Waals surface area contributed by atoms with Gasteiger partial charge in [0.15, 0.2) is 0 Å². The molecule has 23 heavy (non-hydrogen) atoms. The molecule has 0 unspecified atom stereocenters. The summed E-state index contributed by atoms with van der Waals surface area (Å²) in [7, 11) is 0. The number of nitrogens with zero attached hydrogens (tertiary/aromatic N) is 1. The molecule has 0 spiro atoms. The summed E-state index contributed by atoms with van der Waals surface area (Å²) in [6.07, 6.45) is 9.65. The molecular weight excluding hydrogens is 316 g/mol. The zero-order chi connectivity index (χ0) is 17.1. The van der Waals surface area contributed by atoms with Gasteiger partial charge in [-0.3, -0.25) is 14.9 Å². The van der Waals surface area contributed by atoms with Gasteiger partial charge in [-0.15, -0.1) is 0 Å². The van der Waals surface area contributed by atoms with Crippen LogP contribution in [-0.2, 0) is 0 Å². The van der Waals surface area contributed by atoms with Gasteiger partial charge >= 0.3 is 0 Å². The predicted octanol–water partition coefficient (Wildman–Crippen LogP) is 5.12. The third-order valence-electron chi connectivity index (χ3n) is 3.72. The smallest absolute Gasteiger partial charge is 0.270 e. The molecule has 1 aromatic rings. The van der Waals surface area contributed by atoms with E-state index in [0.29, 0.717) is 6.54 Å². The Morgan fingerprint density at radius 1 is 1.13 bits per heavy atom. The Labute approximate surface area is 142 Å². The number of benzene rings is 1. The first-order valence-corrected chi connectivity index (χ1v) is 8.66. The molecule has 0 saturated heterocycles. The standard InChI is InChI=1S/C17H25ClN2O3/c1-2-3-4-5-6-7-8-9-12-19-17(21)15-11-10-14(20(22)23)13-16(15)18/h10-11,13H,2-9,12H2,1H3,(H,19,21). The van der Waals surface area contributed by atoms with Gasteiger partial charge in [-0.1, -0.05) is 63.5 Å². The lowest BCUT2D eigenvalue weighted by Gasteiger charge is -2.07. The first kappa shape index (κ1) is 19.4. The molecule has 0 aliphatic rings. The van der Waals surface area contributed by atoms with Crippen LogP contribution in [0.3, 0.4) is 0 Å². The second-order valence-corrected chi connectivity index (χ2v) is 6.06. The largest absolute Gasteiger partial charge is 0.352 e. The lowest BCUT2D eigenvalue weighted by molar-refractivity contribution is -0.384. The average Bonchev–Trinajstić information content (AvgIpc) is 2.52. The maximum Gasteiger partial charge on any atom is 0.270 e. The number of carbonyl (C=O) groups is 1. The van der Waals surface area contributed by atoms with Gasteiger partial charge in [0.05, 0.1) is 15.5 Å². The van der Waals surface area contributed by atoms with Crippen LogP contribution in [0, 0.1) is 10.1 Å². The Balaban J connectivity index is 2.23. The number of non-ortho nitro benzene ring substituents is 1. The van der Waals surface area contributed by atoms with Crippen molar-refractivity contribution in [3.63, 3.8) is 0 Å². The van der Waals surface area contributed by atoms with E-state index >= 15 is 0 Å². The molecule has 6 heteroatoms. The normalized spacial score (nSPS) is 10.5. The second kappa shape index (κ2) is 11.0. The maximum absolute atomic E-state index is 12.0. The number of halogens is 1. The van der Waals surface area contributed by atoms with Gasteiger partial charge in [-0.2, -0.15) is 0 Å². The molecule has 1 aromatic carbocycles. The number of rotatable bonds is 11. The van der Waals surface area contributed by atoms with Gasteiger partial charge in [0.1, 0.15) is 0 Å². The Morgan fingerprint density at radius 2 is 1.74 bits per heavy atom. The molecule has 128 valence electrons. The number of unbranched alkanes of at least 4 members (excludes halogenated alkanes) is 7. The zero-order valence-corrected chi connectivity index (χ0v) is 14.4. The van der Waals surface area contributed by atoms with Crippen LogP contribution in [0.15, 0.2) is 18.2 Å². The number of nitrogens with one attached hydrogen (secondary N) is 1. The number of nitro groups is 1. The van der Waals surface area contributed by atoms with E-state index in [1.807, 2.05) is 0 Å². The van der Waals surface area contributed by atoms with Gasteiger partial charge in [-0.05, 0) is 12.5 Å². The van der Waals surface area contributed by atoms with Crippen LogP contribution in [0.5, 0.6) is 0 Å². The number of carbonyl (C=O) groups excluding carboxylic acids is 1. The highest BCUT2D eigenvalue weighted by Crippen LogP contribution is 2.22. The van der Waals surface area contributed by atoms with Crippen molar-refractivity contribution in [2.24, 2.45) is 0 Å². The number of hydrogen-bond acceptors (Lipinski definition) is 3. The molecule has 0 atom stereocenters. The molecule has 0 heterocycles. The minimum Gasteiger partial charge on any atom is -0.352 e. The summed E-state index contributed by atoms with van der Waals surface area (Å²) in [6.45, 7) is 2.81. The van der Waals surface area contributed by atoms with Crippen molar-refractivity contribution >= 4 is 23.2 Å². The van der Waals surface area contributed by atoms with Crippen molar-refractivity contribution in [1.29, 1.82) is 0 Å². The summed E-state index contributed by atoms with van der Waals surface area (Å²) < 4.78 is 0. The molecule has 0 aliphatic heterocycles. The van der Waals surface area contributed by atoms with E-state index < -0.39 is 4.92 Å². The van der Waals surface area contributed by atoms with Crippen LogP contribution in [0.4, 0.5) is 5.69 Å². The lowest BCUT2D eigenvalue weighted by atomic mass is 10.1. The van der Waals surface area contributed by atoms with Crippen LogP contribution in [-0.4, -0.2) is 17.4 Å². The average molecular weight is 341 g/mol. The third kappa shape index (κ3) is 7.46. The van der Waals surface area contributed by atoms with Gasteiger partial charge < -0.3 is 5.32 Å². The molecule has 0 radical (unpaired) electrons. The van der Waals surface area contributed by atoms with Gasteiger partial charge in [0.25, 0.3) is 11.6 Å². The Kier molecular flexibility index (Phi) is 9.29. The van der Waals surface area contributed by atoms with E-state index in [1.54, 1.807) is 0 Å². The van der Waals surface area contributed by atoms with Crippen molar-refractivity contribution in [1.82, 2.24) is 5.32 Å². The van der Waals surface area contributed by atoms with Crippen molar-refractivity contribution in [3.05, 3.63) is 38.9 Å². The first-order valence-electron chi connectivity index (χ1n) is 8.28. The summed E-state index contributed by atoms with van der Waals surface area (Å²) in [5.74, 6) is -0.284. The van der Waals surface area contributed by atoms with E-state index in [4.69, 9.17) is 11.6 Å². The molecule has 0 fully saturated rings. The molecule has 0 aromatic heterocycles. The van der Waals surface area contributed by atoms with Crippen LogP contribution in [0.25, 0.3) is 0 Å². The summed E-state index contributed by atoms with van der Waals surface area (Å²) in [6, 6.07) is 3.88. The quantitative estimate of drug-likeness (QED) is 0.345. The SMILES string of the molecule is CCCCCCCCCCNC(=O)c1ccc([N+](=O)[O-])cc1Cl. The van der Waals surface area contributed by atoms with Crippen LogP contribution >= 0.6 is 11.6 Å². The monoisotopic (exact) mass is 340 g/mol. The molecule has 1 rings (SSSR count). The highest BCUT2D eigenvalue weighted by molar-refractivity contribution is 6.34. The summed E-state index contributed by atoms with van der Waals surface area (Å²) >= 11 is 5.93. The predicted molar refractivity (Wildman–Crippen MR) is 93.0 cm³/mol. The molecular formula is C17H25ClN2O3.